The first-order chi connectivity index (χ1) is 13.3. The number of nitrogens with one attached hydrogen (secondary N) is 1. The van der Waals surface area contributed by atoms with Crippen molar-refractivity contribution in [2.24, 2.45) is 10.7 Å². The SMILES string of the molecule is CCCCOC(=O)C(Cc1ccccc1)/N=[P+](\[O-])NC(C)C(=O)OCC(C)C. The van der Waals surface area contributed by atoms with E-state index in [1.165, 1.54) is 0 Å². The molecule has 0 amide bonds. The average Bonchev–Trinajstić information content (AvgIpc) is 2.66. The fraction of sp³-hybridized carbons (Fsp3) is 0.600. The first-order valence-corrected chi connectivity index (χ1v) is 10.9. The third-order valence-corrected chi connectivity index (χ3v) is 4.84. The normalized spacial score (nSPS) is 13.9. The summed E-state index contributed by atoms with van der Waals surface area (Å²) in [6.45, 7) is 8.01. The van der Waals surface area contributed by atoms with Crippen LogP contribution in [0, 0.1) is 5.92 Å². The highest BCUT2D eigenvalue weighted by Gasteiger charge is 2.25. The number of hydrogen-bond donors (Lipinski definition) is 1. The number of ether oxygens (including phenoxy) is 2. The summed E-state index contributed by atoms with van der Waals surface area (Å²) in [6, 6.07) is 7.64. The molecule has 0 aromatic heterocycles. The standard InChI is InChI=1S/C20H31N2O5P/c1-5-6-12-26-20(24)18(13-17-10-8-7-9-11-17)22-28(25)21-16(4)19(23)27-14-15(2)3/h7-11,15-16,18H,5-6,12-14H2,1-4H3,(H,21,22). The fourth-order valence-electron chi connectivity index (χ4n) is 2.17. The van der Waals surface area contributed by atoms with Crippen LogP contribution in [-0.4, -0.2) is 37.2 Å². The summed E-state index contributed by atoms with van der Waals surface area (Å²) in [6.07, 6.45) is 1.94. The van der Waals surface area contributed by atoms with Crippen molar-refractivity contribution in [3.63, 3.8) is 0 Å². The minimum Gasteiger partial charge on any atom is -0.595 e. The number of esters is 2. The summed E-state index contributed by atoms with van der Waals surface area (Å²) < 4.78 is 14.5. The van der Waals surface area contributed by atoms with E-state index in [2.05, 4.69) is 9.83 Å². The number of benzene rings is 1. The first-order valence-electron chi connectivity index (χ1n) is 9.64. The molecule has 0 aliphatic carbocycles. The van der Waals surface area contributed by atoms with E-state index in [0.29, 0.717) is 13.2 Å². The van der Waals surface area contributed by atoms with Crippen LogP contribution in [0.15, 0.2) is 35.1 Å². The average molecular weight is 410 g/mol. The molecule has 0 aliphatic heterocycles. The minimum atomic E-state index is -2.34. The van der Waals surface area contributed by atoms with Crippen molar-refractivity contribution < 1.29 is 24.0 Å². The molecule has 1 aromatic rings. The second-order valence-corrected chi connectivity index (χ2v) is 8.02. The van der Waals surface area contributed by atoms with Crippen molar-refractivity contribution in [2.75, 3.05) is 13.2 Å². The second kappa shape index (κ2) is 13.4. The van der Waals surface area contributed by atoms with Gasteiger partial charge in [0.1, 0.15) is 6.04 Å². The van der Waals surface area contributed by atoms with Crippen molar-refractivity contribution in [2.45, 2.75) is 59.0 Å². The van der Waals surface area contributed by atoms with Crippen LogP contribution in [0.1, 0.15) is 46.1 Å². The Morgan fingerprint density at radius 1 is 1.14 bits per heavy atom. The molecule has 1 rings (SSSR count). The molecule has 28 heavy (non-hydrogen) atoms. The third kappa shape index (κ3) is 9.93. The molecule has 0 fully saturated rings. The van der Waals surface area contributed by atoms with Crippen molar-refractivity contribution in [3.05, 3.63) is 35.9 Å². The van der Waals surface area contributed by atoms with E-state index in [9.17, 15) is 14.5 Å². The first kappa shape index (κ1) is 24.2. The van der Waals surface area contributed by atoms with E-state index in [1.54, 1.807) is 6.92 Å². The smallest absolute Gasteiger partial charge is 0.335 e. The molecular weight excluding hydrogens is 379 g/mol. The summed E-state index contributed by atoms with van der Waals surface area (Å²) in [5.74, 6) is -0.808. The van der Waals surface area contributed by atoms with E-state index in [-0.39, 0.29) is 12.3 Å². The van der Waals surface area contributed by atoms with Crippen LogP contribution < -0.4 is 9.98 Å². The number of hydrogen-bond acceptors (Lipinski definition) is 6. The quantitative estimate of drug-likeness (QED) is 0.323. The highest BCUT2D eigenvalue weighted by atomic mass is 31.1. The maximum atomic E-state index is 12.4. The minimum absolute atomic E-state index is 0.211. The van der Waals surface area contributed by atoms with Crippen LogP contribution in [0.4, 0.5) is 0 Å². The molecule has 7 nitrogen and oxygen atoms in total. The van der Waals surface area contributed by atoms with Crippen LogP contribution in [-0.2, 0) is 25.5 Å². The van der Waals surface area contributed by atoms with E-state index in [1.807, 2.05) is 51.1 Å². The Bertz CT molecular complexity index is 637. The largest absolute Gasteiger partial charge is 0.595 e. The molecule has 156 valence electrons. The van der Waals surface area contributed by atoms with Crippen molar-refractivity contribution >= 4 is 20.0 Å². The molecular formula is C20H31N2O5P. The Hall–Kier alpha value is -1.82. The number of unbranched alkanes of at least 4 members (excludes halogenated alkanes) is 1. The summed E-state index contributed by atoms with van der Waals surface area (Å²) in [7, 11) is -2.34. The zero-order valence-corrected chi connectivity index (χ0v) is 18.0. The molecule has 0 radical (unpaired) electrons. The van der Waals surface area contributed by atoms with Crippen LogP contribution in [0.3, 0.4) is 0 Å². The molecule has 3 unspecified atom stereocenters. The van der Waals surface area contributed by atoms with Gasteiger partial charge in [0.05, 0.1) is 13.2 Å². The van der Waals surface area contributed by atoms with E-state index >= 15 is 0 Å². The lowest BCUT2D eigenvalue weighted by Gasteiger charge is -2.13. The monoisotopic (exact) mass is 410 g/mol. The summed E-state index contributed by atoms with van der Waals surface area (Å²) in [5, 5.41) is 2.60. The maximum Gasteiger partial charge on any atom is 0.335 e. The van der Waals surface area contributed by atoms with Gasteiger partial charge in [-0.2, -0.15) is 0 Å². The molecule has 0 saturated carbocycles. The summed E-state index contributed by atoms with van der Waals surface area (Å²) in [4.78, 5) is 36.7. The zero-order chi connectivity index (χ0) is 20.9. The van der Waals surface area contributed by atoms with E-state index < -0.39 is 32.1 Å². The van der Waals surface area contributed by atoms with Gasteiger partial charge in [0.2, 0.25) is 0 Å². The van der Waals surface area contributed by atoms with Gasteiger partial charge in [-0.3, -0.25) is 4.79 Å². The molecule has 0 bridgehead atoms. The van der Waals surface area contributed by atoms with Crippen LogP contribution in [0.5, 0.6) is 0 Å². The molecule has 0 spiro atoms. The highest BCUT2D eigenvalue weighted by Crippen LogP contribution is 2.17. The number of rotatable bonds is 12. The highest BCUT2D eigenvalue weighted by molar-refractivity contribution is 7.37. The van der Waals surface area contributed by atoms with Gasteiger partial charge in [0.15, 0.2) is 6.04 Å². The Balaban J connectivity index is 2.78. The number of carbonyl (C=O) groups is 2. The van der Waals surface area contributed by atoms with Gasteiger partial charge in [-0.25, -0.2) is 4.79 Å². The van der Waals surface area contributed by atoms with Crippen molar-refractivity contribution in [3.8, 4) is 0 Å². The van der Waals surface area contributed by atoms with Crippen LogP contribution in [0.25, 0.3) is 0 Å². The lowest BCUT2D eigenvalue weighted by molar-refractivity contribution is -0.162. The van der Waals surface area contributed by atoms with Crippen molar-refractivity contribution in [1.29, 1.82) is 0 Å². The zero-order valence-electron chi connectivity index (χ0n) is 17.1. The van der Waals surface area contributed by atoms with E-state index in [0.717, 1.165) is 18.4 Å². The second-order valence-electron chi connectivity index (χ2n) is 6.99. The van der Waals surface area contributed by atoms with Gasteiger partial charge in [-0.05, 0) is 24.8 Å². The maximum absolute atomic E-state index is 12.4. The molecule has 8 heteroatoms. The van der Waals surface area contributed by atoms with Gasteiger partial charge in [0.25, 0.3) is 8.09 Å². The fourth-order valence-corrected chi connectivity index (χ4v) is 3.11. The van der Waals surface area contributed by atoms with Gasteiger partial charge in [0, 0.05) is 6.42 Å². The van der Waals surface area contributed by atoms with Crippen molar-refractivity contribution in [1.82, 2.24) is 5.09 Å². The molecule has 0 heterocycles. The third-order valence-electron chi connectivity index (χ3n) is 3.75. The predicted molar refractivity (Wildman–Crippen MR) is 108 cm³/mol. The Labute approximate surface area is 168 Å². The Morgan fingerprint density at radius 3 is 2.43 bits per heavy atom. The van der Waals surface area contributed by atoms with Gasteiger partial charge >= 0.3 is 11.9 Å². The lowest BCUT2D eigenvalue weighted by atomic mass is 10.1. The Morgan fingerprint density at radius 2 is 1.82 bits per heavy atom. The molecule has 1 aromatic carbocycles. The summed E-state index contributed by atoms with van der Waals surface area (Å²) in [5.41, 5.74) is 0.886. The molecule has 0 saturated heterocycles. The Kier molecular flexibility index (Phi) is 11.6. The van der Waals surface area contributed by atoms with Crippen LogP contribution in [0.2, 0.25) is 0 Å². The predicted octanol–water partition coefficient (Wildman–Crippen LogP) is 2.97. The number of carbonyl (C=O) groups excluding carboxylic acids is 2. The van der Waals surface area contributed by atoms with Gasteiger partial charge in [-0.15, -0.1) is 5.09 Å². The molecule has 3 atom stereocenters. The van der Waals surface area contributed by atoms with Gasteiger partial charge < -0.3 is 14.4 Å². The molecule has 1 N–H and O–H groups in total. The summed E-state index contributed by atoms with van der Waals surface area (Å²) >= 11 is 0. The van der Waals surface area contributed by atoms with Crippen LogP contribution >= 0.6 is 8.09 Å². The topological polar surface area (TPSA) is 100 Å². The number of nitrogens with zero attached hydrogens (tertiary/aromatic N) is 1. The van der Waals surface area contributed by atoms with Gasteiger partial charge in [-0.1, -0.05) is 62.3 Å². The van der Waals surface area contributed by atoms with E-state index in [4.69, 9.17) is 9.47 Å². The lowest BCUT2D eigenvalue weighted by Crippen LogP contribution is -2.34. The molecule has 0 aliphatic rings.